The fourth-order valence-corrected chi connectivity index (χ4v) is 4.01. The van der Waals surface area contributed by atoms with Gasteiger partial charge < -0.3 is 9.47 Å². The molecule has 0 bridgehead atoms. The van der Waals surface area contributed by atoms with Crippen molar-refractivity contribution in [2.24, 2.45) is 0 Å². The van der Waals surface area contributed by atoms with E-state index in [1.165, 1.54) is 32.7 Å². The number of ether oxygens (including phenoxy) is 2. The van der Waals surface area contributed by atoms with Crippen LogP contribution < -0.4 is 9.47 Å². The van der Waals surface area contributed by atoms with Gasteiger partial charge in [0.1, 0.15) is 11.5 Å². The van der Waals surface area contributed by atoms with Gasteiger partial charge in [-0.15, -0.1) is 0 Å². The number of rotatable bonds is 6. The second-order valence-corrected chi connectivity index (χ2v) is 7.05. The molecular formula is C26H26O2. The molecule has 4 aromatic carbocycles. The molecule has 2 heteroatoms. The summed E-state index contributed by atoms with van der Waals surface area (Å²) in [6, 6.07) is 25.7. The van der Waals surface area contributed by atoms with Crippen molar-refractivity contribution >= 4 is 21.5 Å². The van der Waals surface area contributed by atoms with Gasteiger partial charge >= 0.3 is 0 Å². The van der Waals surface area contributed by atoms with Gasteiger partial charge in [-0.2, -0.15) is 0 Å². The zero-order valence-electron chi connectivity index (χ0n) is 16.7. The van der Waals surface area contributed by atoms with E-state index in [0.717, 1.165) is 11.5 Å². The van der Waals surface area contributed by atoms with Gasteiger partial charge in [-0.25, -0.2) is 0 Å². The van der Waals surface area contributed by atoms with Crippen molar-refractivity contribution in [2.45, 2.75) is 26.7 Å². The Labute approximate surface area is 166 Å². The lowest BCUT2D eigenvalue weighted by Gasteiger charge is -2.20. The molecule has 0 unspecified atom stereocenters. The Kier molecular flexibility index (Phi) is 5.21. The first-order valence-corrected chi connectivity index (χ1v) is 10.0. The van der Waals surface area contributed by atoms with E-state index < -0.39 is 0 Å². The second kappa shape index (κ2) is 7.93. The average molecular weight is 370 g/mol. The first-order valence-electron chi connectivity index (χ1n) is 10.0. The summed E-state index contributed by atoms with van der Waals surface area (Å²) < 4.78 is 11.7. The first kappa shape index (κ1) is 18.4. The fraction of sp³-hybridized carbons (Fsp3) is 0.231. The summed E-state index contributed by atoms with van der Waals surface area (Å²) in [6.45, 7) is 7.65. The number of hydrogen-bond donors (Lipinski definition) is 0. The van der Waals surface area contributed by atoms with Crippen LogP contribution in [-0.2, 0) is 0 Å². The van der Waals surface area contributed by atoms with Gasteiger partial charge in [0.2, 0.25) is 0 Å². The minimum atomic E-state index is 0.204. The molecule has 4 aromatic rings. The van der Waals surface area contributed by atoms with Crippen LogP contribution in [0.5, 0.6) is 11.5 Å². The van der Waals surface area contributed by atoms with Crippen LogP contribution in [0.15, 0.2) is 72.8 Å². The largest absolute Gasteiger partial charge is 0.494 e. The quantitative estimate of drug-likeness (QED) is 0.366. The molecule has 0 aliphatic heterocycles. The van der Waals surface area contributed by atoms with E-state index in [4.69, 9.17) is 9.47 Å². The fourth-order valence-electron chi connectivity index (χ4n) is 4.01. The van der Waals surface area contributed by atoms with E-state index in [1.54, 1.807) is 0 Å². The molecule has 0 aromatic heterocycles. The molecule has 0 radical (unpaired) electrons. The molecule has 0 heterocycles. The number of benzene rings is 4. The molecule has 0 amide bonds. The van der Waals surface area contributed by atoms with Crippen LogP contribution in [0, 0.1) is 0 Å². The van der Waals surface area contributed by atoms with Gasteiger partial charge in [0.15, 0.2) is 0 Å². The van der Waals surface area contributed by atoms with Crippen molar-refractivity contribution in [3.8, 4) is 11.5 Å². The Bertz CT molecular complexity index is 1020. The smallest absolute Gasteiger partial charge is 0.120 e. The maximum Gasteiger partial charge on any atom is 0.120 e. The molecule has 0 saturated heterocycles. The van der Waals surface area contributed by atoms with E-state index in [2.05, 4.69) is 79.7 Å². The number of hydrogen-bond acceptors (Lipinski definition) is 2. The summed E-state index contributed by atoms with van der Waals surface area (Å²) in [7, 11) is 0. The maximum absolute atomic E-state index is 5.87. The van der Waals surface area contributed by atoms with Crippen LogP contribution in [0.4, 0.5) is 0 Å². The lowest BCUT2D eigenvalue weighted by Crippen LogP contribution is -2.02. The third kappa shape index (κ3) is 3.43. The van der Waals surface area contributed by atoms with E-state index in [-0.39, 0.29) is 5.92 Å². The molecule has 4 rings (SSSR count). The van der Waals surface area contributed by atoms with Crippen molar-refractivity contribution in [3.05, 3.63) is 83.9 Å². The first-order chi connectivity index (χ1) is 13.7. The van der Waals surface area contributed by atoms with Gasteiger partial charge in [-0.1, -0.05) is 55.5 Å². The van der Waals surface area contributed by atoms with E-state index >= 15 is 0 Å². The van der Waals surface area contributed by atoms with Crippen molar-refractivity contribution in [1.82, 2.24) is 0 Å². The van der Waals surface area contributed by atoms with Gasteiger partial charge in [0.05, 0.1) is 13.2 Å². The zero-order valence-corrected chi connectivity index (χ0v) is 16.7. The lowest BCUT2D eigenvalue weighted by atomic mass is 9.86. The molecule has 142 valence electrons. The summed E-state index contributed by atoms with van der Waals surface area (Å²) in [4.78, 5) is 0. The summed E-state index contributed by atoms with van der Waals surface area (Å²) in [5.41, 5.74) is 2.56. The van der Waals surface area contributed by atoms with Gasteiger partial charge in [0.25, 0.3) is 0 Å². The van der Waals surface area contributed by atoms with Gasteiger partial charge in [-0.3, -0.25) is 0 Å². The number of fused-ring (bicyclic) bond motifs is 2. The van der Waals surface area contributed by atoms with E-state index in [0.29, 0.717) is 13.2 Å². The molecule has 0 spiro atoms. The average Bonchev–Trinajstić information content (AvgIpc) is 2.72. The van der Waals surface area contributed by atoms with Crippen molar-refractivity contribution in [3.63, 3.8) is 0 Å². The highest BCUT2D eigenvalue weighted by Crippen LogP contribution is 2.38. The van der Waals surface area contributed by atoms with Crippen LogP contribution in [0.3, 0.4) is 0 Å². The Morgan fingerprint density at radius 2 is 1.07 bits per heavy atom. The Morgan fingerprint density at radius 1 is 0.643 bits per heavy atom. The SMILES string of the molecule is CCOc1cc(C(C)c2cc(OCC)cc3ccccc23)c2ccccc2c1. The lowest BCUT2D eigenvalue weighted by molar-refractivity contribution is 0.340. The zero-order chi connectivity index (χ0) is 19.5. The normalized spacial score (nSPS) is 11.3. The Morgan fingerprint density at radius 3 is 1.50 bits per heavy atom. The molecule has 0 aliphatic rings. The van der Waals surface area contributed by atoms with Gasteiger partial charge in [0, 0.05) is 5.92 Å². The van der Waals surface area contributed by atoms with E-state index in [1.807, 2.05) is 13.8 Å². The topological polar surface area (TPSA) is 18.5 Å². The summed E-state index contributed by atoms with van der Waals surface area (Å²) >= 11 is 0. The van der Waals surface area contributed by atoms with Crippen LogP contribution in [-0.4, -0.2) is 13.2 Å². The summed E-state index contributed by atoms with van der Waals surface area (Å²) in [5, 5.41) is 4.95. The van der Waals surface area contributed by atoms with Crippen LogP contribution in [0.2, 0.25) is 0 Å². The molecule has 0 saturated carbocycles. The minimum Gasteiger partial charge on any atom is -0.494 e. The van der Waals surface area contributed by atoms with Crippen LogP contribution >= 0.6 is 0 Å². The highest BCUT2D eigenvalue weighted by Gasteiger charge is 2.17. The summed E-state index contributed by atoms with van der Waals surface area (Å²) in [5.74, 6) is 2.05. The highest BCUT2D eigenvalue weighted by atomic mass is 16.5. The van der Waals surface area contributed by atoms with Crippen molar-refractivity contribution in [2.75, 3.05) is 13.2 Å². The molecular weight excluding hydrogens is 344 g/mol. The molecule has 2 nitrogen and oxygen atoms in total. The highest BCUT2D eigenvalue weighted by molar-refractivity contribution is 5.91. The Balaban J connectivity index is 1.93. The predicted octanol–water partition coefficient (Wildman–Crippen LogP) is 6.94. The monoisotopic (exact) mass is 370 g/mol. The van der Waals surface area contributed by atoms with Crippen LogP contribution in [0.25, 0.3) is 21.5 Å². The molecule has 28 heavy (non-hydrogen) atoms. The molecule has 0 atom stereocenters. The Hall–Kier alpha value is -3.00. The van der Waals surface area contributed by atoms with Crippen molar-refractivity contribution in [1.29, 1.82) is 0 Å². The minimum absolute atomic E-state index is 0.204. The van der Waals surface area contributed by atoms with Crippen LogP contribution in [0.1, 0.15) is 37.8 Å². The predicted molar refractivity (Wildman–Crippen MR) is 118 cm³/mol. The molecule has 0 fully saturated rings. The summed E-state index contributed by atoms with van der Waals surface area (Å²) in [6.07, 6.45) is 0. The third-order valence-corrected chi connectivity index (χ3v) is 5.29. The second-order valence-electron chi connectivity index (χ2n) is 7.05. The van der Waals surface area contributed by atoms with Crippen molar-refractivity contribution < 1.29 is 9.47 Å². The third-order valence-electron chi connectivity index (χ3n) is 5.29. The van der Waals surface area contributed by atoms with E-state index in [9.17, 15) is 0 Å². The molecule has 0 N–H and O–H groups in total. The van der Waals surface area contributed by atoms with Gasteiger partial charge in [-0.05, 0) is 70.8 Å². The standard InChI is InChI=1S/C26H26O2/c1-4-27-21-14-19-10-6-8-12-23(19)25(16-21)18(3)26-17-22(28-5-2)15-20-11-7-9-13-24(20)26/h6-18H,4-5H2,1-3H3. The molecule has 0 aliphatic carbocycles. The maximum atomic E-state index is 5.87.